The van der Waals surface area contributed by atoms with Crippen molar-refractivity contribution in [3.8, 4) is 0 Å². The van der Waals surface area contributed by atoms with Crippen molar-refractivity contribution in [3.63, 3.8) is 0 Å². The average Bonchev–Trinajstić information content (AvgIpc) is 3.27. The topological polar surface area (TPSA) is 75.5 Å². The highest BCUT2D eigenvalue weighted by Gasteiger charge is 2.53. The standard InChI is InChI=1S/C20H23FN4O3S/c1-2-25-17(6-9-22-25)19(27)23-10-7-20(8-11-23)24(18(26)14-29(20)28)13-15-4-3-5-16(21)12-15/h3-6,9,12H,2,7-8,10-11,13-14H2,1H3/t29-/m0/s1. The lowest BCUT2D eigenvalue weighted by Crippen LogP contribution is -2.55. The summed E-state index contributed by atoms with van der Waals surface area (Å²) in [5, 5.41) is 4.15. The Balaban J connectivity index is 1.52. The van der Waals surface area contributed by atoms with Crippen LogP contribution >= 0.6 is 0 Å². The molecule has 0 N–H and O–H groups in total. The molecule has 2 aliphatic rings. The van der Waals surface area contributed by atoms with Crippen molar-refractivity contribution < 1.29 is 18.2 Å². The zero-order chi connectivity index (χ0) is 20.6. The number of rotatable bonds is 4. The van der Waals surface area contributed by atoms with Crippen molar-refractivity contribution in [2.45, 2.75) is 37.7 Å². The molecule has 1 atom stereocenters. The third kappa shape index (κ3) is 3.48. The summed E-state index contributed by atoms with van der Waals surface area (Å²) in [7, 11) is -1.35. The van der Waals surface area contributed by atoms with Crippen LogP contribution in [0.5, 0.6) is 0 Å². The van der Waals surface area contributed by atoms with E-state index in [4.69, 9.17) is 0 Å². The fraction of sp³-hybridized carbons (Fsp3) is 0.450. The second kappa shape index (κ2) is 7.70. The number of hydrogen-bond acceptors (Lipinski definition) is 4. The van der Waals surface area contributed by atoms with Gasteiger partial charge in [-0.1, -0.05) is 12.1 Å². The number of carbonyl (C=O) groups excluding carboxylic acids is 2. The molecule has 7 nitrogen and oxygen atoms in total. The van der Waals surface area contributed by atoms with Gasteiger partial charge in [-0.05, 0) is 30.7 Å². The third-order valence-electron chi connectivity index (χ3n) is 5.77. The van der Waals surface area contributed by atoms with Gasteiger partial charge in [-0.15, -0.1) is 0 Å². The quantitative estimate of drug-likeness (QED) is 0.758. The number of carbonyl (C=O) groups is 2. The molecule has 0 bridgehead atoms. The van der Waals surface area contributed by atoms with E-state index in [1.165, 1.54) is 12.1 Å². The predicted octanol–water partition coefficient (Wildman–Crippen LogP) is 1.77. The molecule has 0 radical (unpaired) electrons. The van der Waals surface area contributed by atoms with Gasteiger partial charge in [0.2, 0.25) is 5.91 Å². The van der Waals surface area contributed by atoms with Crippen LogP contribution in [-0.2, 0) is 28.7 Å². The first-order valence-electron chi connectivity index (χ1n) is 9.69. The fourth-order valence-corrected chi connectivity index (χ4v) is 5.91. The van der Waals surface area contributed by atoms with E-state index in [0.717, 1.165) is 0 Å². The van der Waals surface area contributed by atoms with Crippen LogP contribution in [0.15, 0.2) is 36.5 Å². The molecule has 29 heavy (non-hydrogen) atoms. The number of likely N-dealkylation sites (tertiary alicyclic amines) is 1. The molecule has 9 heteroatoms. The summed E-state index contributed by atoms with van der Waals surface area (Å²) in [6.45, 7) is 3.57. The zero-order valence-corrected chi connectivity index (χ0v) is 17.0. The van der Waals surface area contributed by atoms with E-state index in [-0.39, 0.29) is 29.9 Å². The summed E-state index contributed by atoms with van der Waals surface area (Å²) in [5.74, 6) is -0.675. The third-order valence-corrected chi connectivity index (χ3v) is 7.75. The van der Waals surface area contributed by atoms with Gasteiger partial charge in [0.05, 0.1) is 10.8 Å². The van der Waals surface area contributed by atoms with Gasteiger partial charge in [0.25, 0.3) is 5.91 Å². The monoisotopic (exact) mass is 418 g/mol. The van der Waals surface area contributed by atoms with E-state index in [1.807, 2.05) is 6.92 Å². The second-order valence-electron chi connectivity index (χ2n) is 7.37. The van der Waals surface area contributed by atoms with Gasteiger partial charge in [0, 0.05) is 45.2 Å². The maximum absolute atomic E-state index is 13.6. The van der Waals surface area contributed by atoms with E-state index in [2.05, 4.69) is 5.10 Å². The van der Waals surface area contributed by atoms with Crippen molar-refractivity contribution in [2.24, 2.45) is 0 Å². The van der Waals surface area contributed by atoms with Crippen LogP contribution in [0.3, 0.4) is 0 Å². The van der Waals surface area contributed by atoms with E-state index in [0.29, 0.717) is 43.7 Å². The number of nitrogens with zero attached hydrogens (tertiary/aromatic N) is 4. The first kappa shape index (κ1) is 19.8. The molecule has 1 aromatic carbocycles. The number of hydrogen-bond donors (Lipinski definition) is 0. The molecule has 0 saturated carbocycles. The fourth-order valence-electron chi connectivity index (χ4n) is 4.21. The van der Waals surface area contributed by atoms with Crippen molar-refractivity contribution in [1.82, 2.24) is 19.6 Å². The summed E-state index contributed by atoms with van der Waals surface area (Å²) in [4.78, 5) is 28.0. The molecule has 1 spiro atoms. The molecule has 2 amide bonds. The number of aryl methyl sites for hydroxylation is 1. The van der Waals surface area contributed by atoms with Gasteiger partial charge >= 0.3 is 0 Å². The highest BCUT2D eigenvalue weighted by atomic mass is 32.2. The van der Waals surface area contributed by atoms with Crippen LogP contribution in [0.25, 0.3) is 0 Å². The first-order valence-corrected chi connectivity index (χ1v) is 11.0. The highest BCUT2D eigenvalue weighted by molar-refractivity contribution is 7.87. The molecule has 1 aromatic heterocycles. The summed E-state index contributed by atoms with van der Waals surface area (Å²) in [6.07, 6.45) is 2.48. The van der Waals surface area contributed by atoms with Crippen molar-refractivity contribution in [3.05, 3.63) is 53.6 Å². The van der Waals surface area contributed by atoms with Gasteiger partial charge in [-0.25, -0.2) is 4.39 Å². The van der Waals surface area contributed by atoms with Gasteiger partial charge in [-0.3, -0.25) is 18.5 Å². The van der Waals surface area contributed by atoms with Crippen molar-refractivity contribution in [1.29, 1.82) is 0 Å². The lowest BCUT2D eigenvalue weighted by molar-refractivity contribution is -0.131. The van der Waals surface area contributed by atoms with Crippen LogP contribution in [0.2, 0.25) is 0 Å². The molecule has 2 saturated heterocycles. The lowest BCUT2D eigenvalue weighted by Gasteiger charge is -2.43. The Morgan fingerprint density at radius 1 is 1.28 bits per heavy atom. The molecular formula is C20H23FN4O3S. The second-order valence-corrected chi connectivity index (χ2v) is 9.11. The molecule has 2 aromatic rings. The van der Waals surface area contributed by atoms with E-state index < -0.39 is 15.7 Å². The molecule has 2 fully saturated rings. The highest BCUT2D eigenvalue weighted by Crippen LogP contribution is 2.38. The Labute approximate surface area is 170 Å². The minimum Gasteiger partial charge on any atom is -0.337 e. The summed E-state index contributed by atoms with van der Waals surface area (Å²) < 4.78 is 28.1. The summed E-state index contributed by atoms with van der Waals surface area (Å²) >= 11 is 0. The summed E-state index contributed by atoms with van der Waals surface area (Å²) in [6, 6.07) is 7.81. The van der Waals surface area contributed by atoms with Crippen LogP contribution in [0, 0.1) is 5.82 Å². The van der Waals surface area contributed by atoms with E-state index in [1.54, 1.807) is 38.9 Å². The van der Waals surface area contributed by atoms with Gasteiger partial charge in [0.1, 0.15) is 22.1 Å². The van der Waals surface area contributed by atoms with Crippen LogP contribution in [-0.4, -0.2) is 59.3 Å². The van der Waals surface area contributed by atoms with Crippen molar-refractivity contribution in [2.75, 3.05) is 18.8 Å². The largest absolute Gasteiger partial charge is 0.337 e. The summed E-state index contributed by atoms with van der Waals surface area (Å²) in [5.41, 5.74) is 1.20. The lowest BCUT2D eigenvalue weighted by atomic mass is 10.0. The molecular weight excluding hydrogens is 395 g/mol. The van der Waals surface area contributed by atoms with Gasteiger partial charge in [-0.2, -0.15) is 5.10 Å². The normalized spacial score (nSPS) is 21.2. The minimum atomic E-state index is -1.35. The number of amides is 2. The van der Waals surface area contributed by atoms with Crippen LogP contribution in [0.4, 0.5) is 4.39 Å². The van der Waals surface area contributed by atoms with Crippen LogP contribution in [0.1, 0.15) is 35.8 Å². The van der Waals surface area contributed by atoms with E-state index in [9.17, 15) is 18.2 Å². The SMILES string of the molecule is CCn1nccc1C(=O)N1CCC2(CC1)N(Cc1cccc(F)c1)C(=O)C[S@@]2=O. The first-order chi connectivity index (χ1) is 13.9. The molecule has 4 rings (SSSR count). The number of piperidine rings is 1. The number of benzene rings is 1. The Morgan fingerprint density at radius 3 is 2.72 bits per heavy atom. The average molecular weight is 418 g/mol. The molecule has 3 heterocycles. The number of halogens is 1. The maximum Gasteiger partial charge on any atom is 0.272 e. The van der Waals surface area contributed by atoms with Crippen molar-refractivity contribution >= 4 is 22.6 Å². The zero-order valence-electron chi connectivity index (χ0n) is 16.2. The molecule has 154 valence electrons. The molecule has 0 unspecified atom stereocenters. The van der Waals surface area contributed by atoms with E-state index >= 15 is 0 Å². The van der Waals surface area contributed by atoms with Gasteiger partial charge < -0.3 is 9.80 Å². The Bertz CT molecular complexity index is 968. The molecule has 2 aliphatic heterocycles. The smallest absolute Gasteiger partial charge is 0.272 e. The maximum atomic E-state index is 13.6. The minimum absolute atomic E-state index is 0.0220. The Kier molecular flexibility index (Phi) is 5.24. The van der Waals surface area contributed by atoms with Crippen LogP contribution < -0.4 is 0 Å². The predicted molar refractivity (Wildman–Crippen MR) is 106 cm³/mol. The van der Waals surface area contributed by atoms with Gasteiger partial charge in [0.15, 0.2) is 0 Å². The Hall–Kier alpha value is -2.55. The molecule has 0 aliphatic carbocycles. The Morgan fingerprint density at radius 2 is 2.03 bits per heavy atom. The number of aromatic nitrogens is 2.